The van der Waals surface area contributed by atoms with Crippen molar-refractivity contribution in [3.05, 3.63) is 90.6 Å². The Balaban J connectivity index is 1.92. The molecule has 0 spiro atoms. The van der Waals surface area contributed by atoms with Crippen LogP contribution in [0.15, 0.2) is 69.6 Å². The van der Waals surface area contributed by atoms with E-state index in [1.165, 1.54) is 11.3 Å². The van der Waals surface area contributed by atoms with Gasteiger partial charge < -0.3 is 14.4 Å². The highest BCUT2D eigenvalue weighted by molar-refractivity contribution is 7.07. The van der Waals surface area contributed by atoms with Gasteiger partial charge in [-0.25, -0.2) is 9.79 Å². The summed E-state index contributed by atoms with van der Waals surface area (Å²) < 4.78 is 12.8. The molecule has 1 aliphatic heterocycles. The lowest BCUT2D eigenvalue weighted by Crippen LogP contribution is -2.39. The van der Waals surface area contributed by atoms with Gasteiger partial charge in [0.05, 0.1) is 35.6 Å². The minimum Gasteiger partial charge on any atom is -0.497 e. The van der Waals surface area contributed by atoms with Crippen LogP contribution in [0.25, 0.3) is 6.08 Å². The Labute approximate surface area is 201 Å². The van der Waals surface area contributed by atoms with Gasteiger partial charge in [-0.3, -0.25) is 9.36 Å². The van der Waals surface area contributed by atoms with Crippen LogP contribution in [0.4, 0.5) is 5.69 Å². The number of allylic oxidation sites excluding steroid dienone is 1. The SMILES string of the molecule is CCOC(=O)C1=C(C)N=c2sc(=Cc3cccc(OC)c3)c(=O)n2C1c1ccc(N(C)C)cc1. The standard InChI is InChI=1S/C26H27N3O4S/c1-6-33-25(31)22-16(2)27-26-29(23(22)18-10-12-19(13-11-18)28(3)4)24(30)21(34-26)15-17-8-7-9-20(14-17)32-5/h7-15,23H,6H2,1-5H3. The van der Waals surface area contributed by atoms with Gasteiger partial charge in [0.25, 0.3) is 5.56 Å². The largest absolute Gasteiger partial charge is 0.497 e. The predicted molar refractivity (Wildman–Crippen MR) is 134 cm³/mol. The summed E-state index contributed by atoms with van der Waals surface area (Å²) in [6, 6.07) is 14.7. The van der Waals surface area contributed by atoms with E-state index < -0.39 is 12.0 Å². The van der Waals surface area contributed by atoms with E-state index in [0.29, 0.717) is 26.4 Å². The molecule has 34 heavy (non-hydrogen) atoms. The van der Waals surface area contributed by atoms with Gasteiger partial charge in [-0.1, -0.05) is 35.6 Å². The molecule has 1 aliphatic rings. The summed E-state index contributed by atoms with van der Waals surface area (Å²) in [6.07, 6.45) is 1.82. The zero-order valence-corrected chi connectivity index (χ0v) is 20.7. The Bertz CT molecular complexity index is 1430. The predicted octanol–water partition coefficient (Wildman–Crippen LogP) is 2.87. The fourth-order valence-electron chi connectivity index (χ4n) is 3.94. The molecule has 1 unspecified atom stereocenters. The first-order valence-corrected chi connectivity index (χ1v) is 11.8. The summed E-state index contributed by atoms with van der Waals surface area (Å²) in [5.41, 5.74) is 3.40. The van der Waals surface area contributed by atoms with Crippen molar-refractivity contribution in [2.75, 3.05) is 32.7 Å². The van der Waals surface area contributed by atoms with E-state index in [2.05, 4.69) is 4.99 Å². The van der Waals surface area contributed by atoms with E-state index in [1.807, 2.05) is 73.6 Å². The molecule has 0 aliphatic carbocycles. The number of fused-ring (bicyclic) bond motifs is 1. The summed E-state index contributed by atoms with van der Waals surface area (Å²) >= 11 is 1.30. The molecule has 2 heterocycles. The van der Waals surface area contributed by atoms with E-state index in [-0.39, 0.29) is 12.2 Å². The van der Waals surface area contributed by atoms with Crippen LogP contribution >= 0.6 is 11.3 Å². The molecule has 0 saturated heterocycles. The highest BCUT2D eigenvalue weighted by atomic mass is 32.1. The fraction of sp³-hybridized carbons (Fsp3) is 0.269. The first kappa shape index (κ1) is 23.5. The van der Waals surface area contributed by atoms with E-state index in [4.69, 9.17) is 9.47 Å². The number of rotatable bonds is 6. The molecule has 0 radical (unpaired) electrons. The zero-order chi connectivity index (χ0) is 24.4. The Morgan fingerprint density at radius 2 is 1.94 bits per heavy atom. The van der Waals surface area contributed by atoms with Gasteiger partial charge in [0.1, 0.15) is 5.75 Å². The monoisotopic (exact) mass is 477 g/mol. The first-order valence-electron chi connectivity index (χ1n) is 10.9. The summed E-state index contributed by atoms with van der Waals surface area (Å²) in [5, 5.41) is 0. The lowest BCUT2D eigenvalue weighted by Gasteiger charge is -2.25. The van der Waals surface area contributed by atoms with E-state index in [0.717, 1.165) is 16.8 Å². The molecule has 176 valence electrons. The van der Waals surface area contributed by atoms with Gasteiger partial charge in [-0.2, -0.15) is 0 Å². The minimum atomic E-state index is -0.626. The number of thiazole rings is 1. The van der Waals surface area contributed by atoms with Crippen LogP contribution in [-0.2, 0) is 9.53 Å². The smallest absolute Gasteiger partial charge is 0.338 e. The first-order chi connectivity index (χ1) is 16.3. The number of hydrogen-bond acceptors (Lipinski definition) is 7. The molecular formula is C26H27N3O4S. The van der Waals surface area contributed by atoms with Crippen LogP contribution in [0.1, 0.15) is 31.0 Å². The molecule has 0 saturated carbocycles. The number of benzene rings is 2. The van der Waals surface area contributed by atoms with Crippen LogP contribution < -0.4 is 24.5 Å². The third-order valence-electron chi connectivity index (χ3n) is 5.63. The van der Waals surface area contributed by atoms with Crippen molar-refractivity contribution in [3.63, 3.8) is 0 Å². The topological polar surface area (TPSA) is 73.1 Å². The van der Waals surface area contributed by atoms with E-state index in [9.17, 15) is 9.59 Å². The Hall–Kier alpha value is -3.65. The van der Waals surface area contributed by atoms with Gasteiger partial charge in [-0.05, 0) is 55.3 Å². The second kappa shape index (κ2) is 9.69. The highest BCUT2D eigenvalue weighted by Gasteiger charge is 2.33. The van der Waals surface area contributed by atoms with Gasteiger partial charge in [-0.15, -0.1) is 0 Å². The van der Waals surface area contributed by atoms with Crippen molar-refractivity contribution in [1.82, 2.24) is 4.57 Å². The Morgan fingerprint density at radius 3 is 2.59 bits per heavy atom. The van der Waals surface area contributed by atoms with Gasteiger partial charge in [0.15, 0.2) is 4.80 Å². The molecule has 0 fully saturated rings. The summed E-state index contributed by atoms with van der Waals surface area (Å²) in [7, 11) is 5.53. The van der Waals surface area contributed by atoms with Crippen LogP contribution in [0.5, 0.6) is 5.75 Å². The van der Waals surface area contributed by atoms with Crippen LogP contribution in [0.3, 0.4) is 0 Å². The average molecular weight is 478 g/mol. The number of anilines is 1. The fourth-order valence-corrected chi connectivity index (χ4v) is 4.99. The number of carbonyl (C=O) groups is 1. The summed E-state index contributed by atoms with van der Waals surface area (Å²) in [4.78, 5) is 33.8. The van der Waals surface area contributed by atoms with Crippen molar-refractivity contribution >= 4 is 29.1 Å². The normalized spacial score (nSPS) is 15.6. The number of ether oxygens (including phenoxy) is 2. The lowest BCUT2D eigenvalue weighted by molar-refractivity contribution is -0.139. The second-order valence-corrected chi connectivity index (χ2v) is 9.07. The van der Waals surface area contributed by atoms with Crippen molar-refractivity contribution < 1.29 is 14.3 Å². The van der Waals surface area contributed by atoms with Crippen molar-refractivity contribution in [1.29, 1.82) is 0 Å². The number of esters is 1. The van der Waals surface area contributed by atoms with Crippen LogP contribution in [-0.4, -0.2) is 38.3 Å². The second-order valence-electron chi connectivity index (χ2n) is 8.06. The molecule has 1 atom stereocenters. The van der Waals surface area contributed by atoms with Crippen molar-refractivity contribution in [2.45, 2.75) is 19.9 Å². The van der Waals surface area contributed by atoms with Gasteiger partial charge >= 0.3 is 5.97 Å². The van der Waals surface area contributed by atoms with E-state index in [1.54, 1.807) is 25.5 Å². The van der Waals surface area contributed by atoms with Crippen LogP contribution in [0, 0.1) is 0 Å². The molecule has 8 heteroatoms. The molecule has 0 N–H and O–H groups in total. The number of carbonyl (C=O) groups excluding carboxylic acids is 1. The van der Waals surface area contributed by atoms with Gasteiger partial charge in [0.2, 0.25) is 0 Å². The third-order valence-corrected chi connectivity index (χ3v) is 6.62. The maximum atomic E-state index is 13.6. The molecule has 4 rings (SSSR count). The summed E-state index contributed by atoms with van der Waals surface area (Å²) in [5.74, 6) is 0.244. The molecule has 1 aromatic heterocycles. The molecule has 0 amide bonds. The quantitative estimate of drug-likeness (QED) is 0.511. The Morgan fingerprint density at radius 1 is 1.21 bits per heavy atom. The maximum Gasteiger partial charge on any atom is 0.338 e. The molecule has 3 aromatic rings. The number of methoxy groups -OCH3 is 1. The lowest BCUT2D eigenvalue weighted by atomic mass is 9.95. The Kier molecular flexibility index (Phi) is 6.70. The van der Waals surface area contributed by atoms with Crippen LogP contribution in [0.2, 0.25) is 0 Å². The molecular weight excluding hydrogens is 450 g/mol. The average Bonchev–Trinajstić information content (AvgIpc) is 3.12. The third kappa shape index (κ3) is 4.41. The van der Waals surface area contributed by atoms with Gasteiger partial charge in [0, 0.05) is 19.8 Å². The molecule has 0 bridgehead atoms. The molecule has 2 aromatic carbocycles. The van der Waals surface area contributed by atoms with Crippen molar-refractivity contribution in [3.8, 4) is 5.75 Å². The zero-order valence-electron chi connectivity index (χ0n) is 19.9. The highest BCUT2D eigenvalue weighted by Crippen LogP contribution is 2.31. The maximum absolute atomic E-state index is 13.6. The van der Waals surface area contributed by atoms with E-state index >= 15 is 0 Å². The number of nitrogens with zero attached hydrogens (tertiary/aromatic N) is 3. The van der Waals surface area contributed by atoms with Crippen molar-refractivity contribution in [2.24, 2.45) is 4.99 Å². The number of hydrogen-bond donors (Lipinski definition) is 0. The summed E-state index contributed by atoms with van der Waals surface area (Å²) in [6.45, 7) is 3.78. The minimum absolute atomic E-state index is 0.206. The number of aromatic nitrogens is 1. The molecule has 7 nitrogen and oxygen atoms in total.